The summed E-state index contributed by atoms with van der Waals surface area (Å²) in [7, 11) is 0. The highest BCUT2D eigenvalue weighted by molar-refractivity contribution is 6.06. The molecule has 0 spiro atoms. The Hall–Kier alpha value is -4.82. The van der Waals surface area contributed by atoms with Gasteiger partial charge in [-0.15, -0.1) is 0 Å². The Labute approximate surface area is 209 Å². The van der Waals surface area contributed by atoms with Crippen molar-refractivity contribution in [1.82, 2.24) is 0 Å². The molecule has 0 aliphatic heterocycles. The maximum absolute atomic E-state index is 5.98. The van der Waals surface area contributed by atoms with Crippen LogP contribution in [0.1, 0.15) is 0 Å². The summed E-state index contributed by atoms with van der Waals surface area (Å²) < 4.78 is 5.98. The van der Waals surface area contributed by atoms with Crippen LogP contribution in [0.5, 0.6) is 0 Å². The molecule has 170 valence electrons. The van der Waals surface area contributed by atoms with E-state index in [4.69, 9.17) is 4.42 Å². The smallest absolute Gasteiger partial charge is 0.135 e. The van der Waals surface area contributed by atoms with Crippen LogP contribution in [0, 0.1) is 0 Å². The van der Waals surface area contributed by atoms with Gasteiger partial charge in [0.05, 0.1) is 0 Å². The van der Waals surface area contributed by atoms with Crippen LogP contribution in [0.15, 0.2) is 138 Å². The number of hydrogen-bond donors (Lipinski definition) is 1. The van der Waals surface area contributed by atoms with E-state index < -0.39 is 0 Å². The Kier molecular flexibility index (Phi) is 4.82. The van der Waals surface area contributed by atoms with Crippen molar-refractivity contribution in [2.45, 2.75) is 0 Å². The molecule has 1 N–H and O–H groups in total. The van der Waals surface area contributed by atoms with Gasteiger partial charge in [0.2, 0.25) is 0 Å². The largest absolute Gasteiger partial charge is 0.456 e. The summed E-state index contributed by atoms with van der Waals surface area (Å²) >= 11 is 0. The van der Waals surface area contributed by atoms with Crippen molar-refractivity contribution in [2.75, 3.05) is 5.32 Å². The minimum Gasteiger partial charge on any atom is -0.456 e. The summed E-state index contributed by atoms with van der Waals surface area (Å²) in [5.74, 6) is 0. The van der Waals surface area contributed by atoms with E-state index in [2.05, 4.69) is 127 Å². The minimum absolute atomic E-state index is 0.921. The van der Waals surface area contributed by atoms with Crippen molar-refractivity contribution < 1.29 is 4.42 Å². The van der Waals surface area contributed by atoms with E-state index in [1.165, 1.54) is 33.0 Å². The molecule has 1 heterocycles. The zero-order valence-corrected chi connectivity index (χ0v) is 19.6. The molecule has 1 aromatic heterocycles. The molecular weight excluding hydrogens is 438 g/mol. The van der Waals surface area contributed by atoms with E-state index in [0.29, 0.717) is 0 Å². The van der Waals surface area contributed by atoms with E-state index in [9.17, 15) is 0 Å². The van der Waals surface area contributed by atoms with Gasteiger partial charge in [0.15, 0.2) is 0 Å². The third-order valence-corrected chi connectivity index (χ3v) is 6.83. The first kappa shape index (κ1) is 20.5. The summed E-state index contributed by atoms with van der Waals surface area (Å²) in [6.45, 7) is 0. The van der Waals surface area contributed by atoms with Crippen LogP contribution in [0.25, 0.3) is 55.0 Å². The molecule has 0 aliphatic carbocycles. The molecule has 0 radical (unpaired) electrons. The zero-order valence-electron chi connectivity index (χ0n) is 19.6. The molecule has 2 nitrogen and oxygen atoms in total. The van der Waals surface area contributed by atoms with Crippen molar-refractivity contribution >= 4 is 44.1 Å². The summed E-state index contributed by atoms with van der Waals surface area (Å²) in [6.07, 6.45) is 0. The lowest BCUT2D eigenvalue weighted by Gasteiger charge is -2.10. The Morgan fingerprint density at radius 2 is 1.08 bits per heavy atom. The second kappa shape index (κ2) is 8.44. The molecule has 0 saturated carbocycles. The number of anilines is 2. The molecule has 2 heteroatoms. The summed E-state index contributed by atoms with van der Waals surface area (Å²) in [6, 6.07) is 46.9. The molecule has 0 fully saturated rings. The number of hydrogen-bond acceptors (Lipinski definition) is 2. The number of nitrogens with one attached hydrogen (secondary N) is 1. The quantitative estimate of drug-likeness (QED) is 0.282. The zero-order chi connectivity index (χ0) is 23.9. The molecule has 7 aromatic rings. The lowest BCUT2D eigenvalue weighted by Crippen LogP contribution is -1.91. The Morgan fingerprint density at radius 3 is 2.00 bits per heavy atom. The minimum atomic E-state index is 0.921. The molecule has 0 unspecified atom stereocenters. The maximum atomic E-state index is 5.98. The van der Waals surface area contributed by atoms with Crippen LogP contribution >= 0.6 is 0 Å². The van der Waals surface area contributed by atoms with Gasteiger partial charge in [-0.25, -0.2) is 0 Å². The van der Waals surface area contributed by atoms with Crippen LogP contribution in [0.4, 0.5) is 11.4 Å². The van der Waals surface area contributed by atoms with Crippen LogP contribution in [-0.4, -0.2) is 0 Å². The highest BCUT2D eigenvalue weighted by Gasteiger charge is 2.08. The molecule has 0 saturated heterocycles. The molecule has 0 aliphatic rings. The number of para-hydroxylation sites is 1. The number of rotatable bonds is 4. The van der Waals surface area contributed by atoms with Gasteiger partial charge in [0, 0.05) is 22.1 Å². The maximum Gasteiger partial charge on any atom is 0.135 e. The Balaban J connectivity index is 1.15. The van der Waals surface area contributed by atoms with E-state index in [-0.39, 0.29) is 0 Å². The van der Waals surface area contributed by atoms with Crippen LogP contribution in [-0.2, 0) is 0 Å². The SMILES string of the molecule is c1cc(Nc2ccc(-c3ccc4oc5ccccc5c4c3)cc2)cc(-c2ccc3ccccc3c2)c1. The summed E-state index contributed by atoms with van der Waals surface area (Å²) in [5.41, 5.74) is 8.75. The third kappa shape index (κ3) is 3.70. The predicted octanol–water partition coefficient (Wildman–Crippen LogP) is 9.82. The molecule has 6 aromatic carbocycles. The lowest BCUT2D eigenvalue weighted by molar-refractivity contribution is 0.669. The molecule has 36 heavy (non-hydrogen) atoms. The van der Waals surface area contributed by atoms with Gasteiger partial charge in [0.25, 0.3) is 0 Å². The second-order valence-electron chi connectivity index (χ2n) is 9.15. The highest BCUT2D eigenvalue weighted by atomic mass is 16.3. The fourth-order valence-corrected chi connectivity index (χ4v) is 4.96. The fraction of sp³-hybridized carbons (Fsp3) is 0. The van der Waals surface area contributed by atoms with Gasteiger partial charge < -0.3 is 9.73 Å². The van der Waals surface area contributed by atoms with E-state index >= 15 is 0 Å². The van der Waals surface area contributed by atoms with E-state index in [1.807, 2.05) is 12.1 Å². The summed E-state index contributed by atoms with van der Waals surface area (Å²) in [4.78, 5) is 0. The van der Waals surface area contributed by atoms with Gasteiger partial charge >= 0.3 is 0 Å². The van der Waals surface area contributed by atoms with Crippen LogP contribution < -0.4 is 5.32 Å². The number of furan rings is 1. The van der Waals surface area contributed by atoms with Crippen LogP contribution in [0.2, 0.25) is 0 Å². The average Bonchev–Trinajstić information content (AvgIpc) is 3.31. The number of fused-ring (bicyclic) bond motifs is 4. The van der Waals surface area contributed by atoms with Gasteiger partial charge in [-0.05, 0) is 81.6 Å². The van der Waals surface area contributed by atoms with Gasteiger partial charge in [-0.1, -0.05) is 84.9 Å². The topological polar surface area (TPSA) is 25.2 Å². The normalized spacial score (nSPS) is 11.3. The van der Waals surface area contributed by atoms with Crippen molar-refractivity contribution in [2.24, 2.45) is 0 Å². The second-order valence-corrected chi connectivity index (χ2v) is 9.15. The molecule has 0 amide bonds. The monoisotopic (exact) mass is 461 g/mol. The number of benzene rings is 6. The van der Waals surface area contributed by atoms with Crippen molar-refractivity contribution in [3.8, 4) is 22.3 Å². The first-order valence-corrected chi connectivity index (χ1v) is 12.2. The standard InChI is InChI=1S/C34H23NO/c1-2-7-25-20-27(13-12-23(25)6-1)26-8-5-9-30(21-26)35-29-17-14-24(15-18-29)28-16-19-34-32(22-28)31-10-3-4-11-33(31)36-34/h1-22,35H. The molecular formula is C34H23NO. The van der Waals surface area contributed by atoms with Crippen molar-refractivity contribution in [3.05, 3.63) is 133 Å². The molecule has 7 rings (SSSR count). The third-order valence-electron chi connectivity index (χ3n) is 6.83. The van der Waals surface area contributed by atoms with E-state index in [0.717, 1.165) is 33.3 Å². The predicted molar refractivity (Wildman–Crippen MR) is 152 cm³/mol. The fourth-order valence-electron chi connectivity index (χ4n) is 4.96. The van der Waals surface area contributed by atoms with E-state index in [1.54, 1.807) is 0 Å². The highest BCUT2D eigenvalue weighted by Crippen LogP contribution is 2.33. The Morgan fingerprint density at radius 1 is 0.389 bits per heavy atom. The first-order chi connectivity index (χ1) is 17.8. The summed E-state index contributed by atoms with van der Waals surface area (Å²) in [5, 5.41) is 8.38. The average molecular weight is 462 g/mol. The van der Waals surface area contributed by atoms with Gasteiger partial charge in [0.1, 0.15) is 11.2 Å². The van der Waals surface area contributed by atoms with Crippen molar-refractivity contribution in [3.63, 3.8) is 0 Å². The van der Waals surface area contributed by atoms with Gasteiger partial charge in [-0.2, -0.15) is 0 Å². The first-order valence-electron chi connectivity index (χ1n) is 12.2. The Bertz CT molecular complexity index is 1860. The van der Waals surface area contributed by atoms with Gasteiger partial charge in [-0.3, -0.25) is 0 Å². The molecule has 0 atom stereocenters. The van der Waals surface area contributed by atoms with Crippen LogP contribution in [0.3, 0.4) is 0 Å². The van der Waals surface area contributed by atoms with Crippen molar-refractivity contribution in [1.29, 1.82) is 0 Å². The molecule has 0 bridgehead atoms. The lowest BCUT2D eigenvalue weighted by atomic mass is 10.0.